The second kappa shape index (κ2) is 5.95. The molecule has 3 nitrogen and oxygen atoms in total. The molecule has 0 fully saturated rings. The van der Waals surface area contributed by atoms with Crippen LogP contribution in [0.25, 0.3) is 0 Å². The number of nitrogens with zero attached hydrogens (tertiary/aromatic N) is 3. The third-order valence-electron chi connectivity index (χ3n) is 5.45. The molecule has 2 aromatic carbocycles. The Balaban J connectivity index is 1.98. The summed E-state index contributed by atoms with van der Waals surface area (Å²) in [4.78, 5) is 8.84. The first-order valence-corrected chi connectivity index (χ1v) is 8.96. The van der Waals surface area contributed by atoms with Crippen molar-refractivity contribution in [1.82, 2.24) is 14.5 Å². The first-order chi connectivity index (χ1) is 12.9. The Morgan fingerprint density at radius 2 is 1.42 bits per heavy atom. The van der Waals surface area contributed by atoms with Crippen LogP contribution in [0.2, 0.25) is 0 Å². The molecule has 3 heteroatoms. The molecular weight excluding hydrogens is 318 g/mol. The van der Waals surface area contributed by atoms with Gasteiger partial charge in [0.1, 0.15) is 5.54 Å². The molecule has 126 valence electrons. The molecule has 0 aliphatic heterocycles. The summed E-state index contributed by atoms with van der Waals surface area (Å²) >= 11 is 0. The quantitative estimate of drug-likeness (QED) is 0.548. The highest BCUT2D eigenvalue weighted by Crippen LogP contribution is 2.45. The largest absolute Gasteiger partial charge is 0.319 e. The molecule has 0 amide bonds. The molecule has 0 N–H and O–H groups in total. The van der Waals surface area contributed by atoms with Crippen molar-refractivity contribution in [1.29, 1.82) is 0 Å². The Morgan fingerprint density at radius 3 is 2.00 bits per heavy atom. The summed E-state index contributed by atoms with van der Waals surface area (Å²) in [6.07, 6.45) is 11.7. The third-order valence-corrected chi connectivity index (χ3v) is 5.45. The van der Waals surface area contributed by atoms with Gasteiger partial charge in [0.2, 0.25) is 0 Å². The summed E-state index contributed by atoms with van der Waals surface area (Å²) in [7, 11) is 0. The molecule has 0 saturated carbocycles. The number of hydrogen-bond donors (Lipinski definition) is 0. The van der Waals surface area contributed by atoms with Gasteiger partial charge in [-0.25, -0.2) is 4.98 Å². The predicted octanol–water partition coefficient (Wildman–Crippen LogP) is 4.22. The van der Waals surface area contributed by atoms with Crippen LogP contribution in [-0.4, -0.2) is 14.5 Å². The van der Waals surface area contributed by atoms with Crippen LogP contribution in [0.5, 0.6) is 0 Å². The van der Waals surface area contributed by atoms with Crippen LogP contribution < -0.4 is 0 Å². The Hall–Kier alpha value is -3.20. The summed E-state index contributed by atoms with van der Waals surface area (Å²) in [5.74, 6) is 0. The van der Waals surface area contributed by atoms with E-state index in [-0.39, 0.29) is 0 Å². The number of rotatable bonds is 2. The average Bonchev–Trinajstić information content (AvgIpc) is 3.20. The van der Waals surface area contributed by atoms with Gasteiger partial charge in [-0.2, -0.15) is 0 Å². The molecule has 0 saturated heterocycles. The fraction of sp³-hybridized carbons (Fsp3) is 0.130. The highest BCUT2D eigenvalue weighted by molar-refractivity contribution is 5.56. The molecule has 0 spiro atoms. The number of aryl methyl sites for hydroxylation is 2. The zero-order chi connectivity index (χ0) is 17.4. The van der Waals surface area contributed by atoms with Gasteiger partial charge in [0.15, 0.2) is 0 Å². The smallest absolute Gasteiger partial charge is 0.123 e. The SMILES string of the molecule is c1cncc(C2(n3ccnc3)c3ccccc3CCc3ccccc32)c1. The summed E-state index contributed by atoms with van der Waals surface area (Å²) in [6.45, 7) is 0. The molecule has 1 aliphatic carbocycles. The van der Waals surface area contributed by atoms with E-state index in [0.717, 1.165) is 18.4 Å². The number of hydrogen-bond acceptors (Lipinski definition) is 2. The molecule has 1 aliphatic rings. The van der Waals surface area contributed by atoms with Gasteiger partial charge < -0.3 is 4.57 Å². The van der Waals surface area contributed by atoms with Crippen molar-refractivity contribution >= 4 is 0 Å². The first kappa shape index (κ1) is 15.1. The molecule has 0 unspecified atom stereocenters. The van der Waals surface area contributed by atoms with Crippen LogP contribution in [0, 0.1) is 0 Å². The number of fused-ring (bicyclic) bond motifs is 2. The highest BCUT2D eigenvalue weighted by atomic mass is 15.1. The topological polar surface area (TPSA) is 30.7 Å². The summed E-state index contributed by atoms with van der Waals surface area (Å²) in [5, 5.41) is 0. The van der Waals surface area contributed by atoms with Gasteiger partial charge in [-0.05, 0) is 41.2 Å². The highest BCUT2D eigenvalue weighted by Gasteiger charge is 2.42. The molecular formula is C23H19N3. The number of pyridine rings is 1. The van der Waals surface area contributed by atoms with Crippen molar-refractivity contribution in [2.24, 2.45) is 0 Å². The number of aromatic nitrogens is 3. The Bertz CT molecular complexity index is 989. The Morgan fingerprint density at radius 1 is 0.731 bits per heavy atom. The summed E-state index contributed by atoms with van der Waals surface area (Å²) in [5.41, 5.74) is 6.04. The van der Waals surface area contributed by atoms with E-state index >= 15 is 0 Å². The van der Waals surface area contributed by atoms with Crippen LogP contribution >= 0.6 is 0 Å². The fourth-order valence-corrected chi connectivity index (χ4v) is 4.37. The minimum absolute atomic E-state index is 0.464. The lowest BCUT2D eigenvalue weighted by atomic mass is 9.75. The lowest BCUT2D eigenvalue weighted by Gasteiger charge is -2.38. The molecule has 2 heterocycles. The van der Waals surface area contributed by atoms with Crippen molar-refractivity contribution in [3.05, 3.63) is 120 Å². The summed E-state index contributed by atoms with van der Waals surface area (Å²) in [6, 6.07) is 21.7. The first-order valence-electron chi connectivity index (χ1n) is 8.96. The zero-order valence-electron chi connectivity index (χ0n) is 14.4. The standard InChI is InChI=1S/C23H19N3/c1-3-9-21-18(6-1)11-12-19-7-2-4-10-22(19)23(21,26-15-14-25-17-26)20-8-5-13-24-16-20/h1-10,13-17H,11-12H2. The molecule has 26 heavy (non-hydrogen) atoms. The van der Waals surface area contributed by atoms with E-state index in [1.165, 1.54) is 22.3 Å². The van der Waals surface area contributed by atoms with E-state index in [9.17, 15) is 0 Å². The maximum atomic E-state index is 4.46. The monoisotopic (exact) mass is 337 g/mol. The van der Waals surface area contributed by atoms with Gasteiger partial charge in [-0.15, -0.1) is 0 Å². The van der Waals surface area contributed by atoms with E-state index < -0.39 is 5.54 Å². The van der Waals surface area contributed by atoms with Crippen molar-refractivity contribution < 1.29 is 0 Å². The van der Waals surface area contributed by atoms with Gasteiger partial charge in [0, 0.05) is 30.4 Å². The zero-order valence-corrected chi connectivity index (χ0v) is 14.4. The predicted molar refractivity (Wildman–Crippen MR) is 102 cm³/mol. The van der Waals surface area contributed by atoms with Crippen molar-refractivity contribution in [2.45, 2.75) is 18.4 Å². The molecule has 4 aromatic rings. The Kier molecular flexibility index (Phi) is 3.45. The lowest BCUT2D eigenvalue weighted by molar-refractivity contribution is 0.510. The molecule has 5 rings (SSSR count). The summed E-state index contributed by atoms with van der Waals surface area (Å²) < 4.78 is 2.23. The number of benzene rings is 2. The van der Waals surface area contributed by atoms with Crippen molar-refractivity contribution in [3.63, 3.8) is 0 Å². The van der Waals surface area contributed by atoms with Gasteiger partial charge in [-0.3, -0.25) is 4.98 Å². The van der Waals surface area contributed by atoms with Gasteiger partial charge in [0.25, 0.3) is 0 Å². The normalized spacial score (nSPS) is 14.9. The van der Waals surface area contributed by atoms with Crippen LogP contribution in [-0.2, 0) is 18.4 Å². The van der Waals surface area contributed by atoms with Gasteiger partial charge >= 0.3 is 0 Å². The van der Waals surface area contributed by atoms with E-state index in [4.69, 9.17) is 0 Å². The lowest BCUT2D eigenvalue weighted by Crippen LogP contribution is -2.38. The van der Waals surface area contributed by atoms with E-state index in [0.29, 0.717) is 0 Å². The van der Waals surface area contributed by atoms with Crippen LogP contribution in [0.15, 0.2) is 91.8 Å². The third kappa shape index (κ3) is 2.07. The van der Waals surface area contributed by atoms with E-state index in [2.05, 4.69) is 75.3 Å². The van der Waals surface area contributed by atoms with Crippen molar-refractivity contribution in [2.75, 3.05) is 0 Å². The maximum Gasteiger partial charge on any atom is 0.123 e. The van der Waals surface area contributed by atoms with E-state index in [1.54, 1.807) is 0 Å². The molecule has 2 aromatic heterocycles. The molecule has 0 atom stereocenters. The van der Waals surface area contributed by atoms with Crippen LogP contribution in [0.1, 0.15) is 27.8 Å². The van der Waals surface area contributed by atoms with Gasteiger partial charge in [-0.1, -0.05) is 54.6 Å². The minimum atomic E-state index is -0.464. The second-order valence-corrected chi connectivity index (χ2v) is 6.74. The van der Waals surface area contributed by atoms with E-state index in [1.807, 2.05) is 31.0 Å². The average molecular weight is 337 g/mol. The Labute approximate surface area is 153 Å². The number of imidazole rings is 1. The molecule has 0 radical (unpaired) electrons. The van der Waals surface area contributed by atoms with Crippen LogP contribution in [0.4, 0.5) is 0 Å². The van der Waals surface area contributed by atoms with Gasteiger partial charge in [0.05, 0.1) is 6.33 Å². The minimum Gasteiger partial charge on any atom is -0.319 e. The van der Waals surface area contributed by atoms with Crippen molar-refractivity contribution in [3.8, 4) is 0 Å². The second-order valence-electron chi connectivity index (χ2n) is 6.74. The van der Waals surface area contributed by atoms with Crippen LogP contribution in [0.3, 0.4) is 0 Å². The maximum absolute atomic E-state index is 4.46. The fourth-order valence-electron chi connectivity index (χ4n) is 4.37. The molecule has 0 bridgehead atoms.